The number of hydrogen-bond donors (Lipinski definition) is 0. The Kier molecular flexibility index (Phi) is 3.70. The van der Waals surface area contributed by atoms with Crippen LogP contribution in [0.2, 0.25) is 0 Å². The number of fused-ring (bicyclic) bond motifs is 1. The van der Waals surface area contributed by atoms with Crippen LogP contribution in [-0.2, 0) is 20.1 Å². The summed E-state index contributed by atoms with van der Waals surface area (Å²) in [5.74, 6) is 0. The van der Waals surface area contributed by atoms with Gasteiger partial charge in [-0.3, -0.25) is 9.78 Å². The van der Waals surface area contributed by atoms with Crippen LogP contribution in [0.5, 0.6) is 0 Å². The summed E-state index contributed by atoms with van der Waals surface area (Å²) < 4.78 is 5.22. The van der Waals surface area contributed by atoms with Crippen molar-refractivity contribution in [2.45, 2.75) is 0 Å². The van der Waals surface area contributed by atoms with Gasteiger partial charge in [-0.05, 0) is 11.6 Å². The summed E-state index contributed by atoms with van der Waals surface area (Å²) >= 11 is 0. The van der Waals surface area contributed by atoms with Gasteiger partial charge in [0.1, 0.15) is 0 Å². The van der Waals surface area contributed by atoms with E-state index in [9.17, 15) is 4.79 Å². The van der Waals surface area contributed by atoms with Crippen LogP contribution in [0.25, 0.3) is 22.2 Å². The predicted molar refractivity (Wildman–Crippen MR) is 64.6 cm³/mol. The minimum atomic E-state index is -0.414. The van der Waals surface area contributed by atoms with Gasteiger partial charge in [0.25, 0.3) is 5.63 Å². The van der Waals surface area contributed by atoms with E-state index in [0.717, 1.165) is 5.39 Å². The molecule has 0 aliphatic heterocycles. The number of hydrogen-bond acceptors (Lipinski definition) is 3. The van der Waals surface area contributed by atoms with Crippen molar-refractivity contribution in [3.8, 4) is 11.3 Å². The van der Waals surface area contributed by atoms with Gasteiger partial charge in [-0.25, -0.2) is 0 Å². The first kappa shape index (κ1) is 12.7. The van der Waals surface area contributed by atoms with Crippen LogP contribution in [0.15, 0.2) is 57.9 Å². The van der Waals surface area contributed by atoms with E-state index in [1.807, 2.05) is 24.3 Å². The molecule has 1 aromatic carbocycles. The van der Waals surface area contributed by atoms with Crippen molar-refractivity contribution in [3.63, 3.8) is 0 Å². The summed E-state index contributed by atoms with van der Waals surface area (Å²) in [6, 6.07) is 15.7. The molecular formula is C14H8IrNO2-. The molecule has 0 atom stereocenters. The molecule has 3 nitrogen and oxygen atoms in total. The van der Waals surface area contributed by atoms with Crippen molar-refractivity contribution in [1.29, 1.82) is 0 Å². The van der Waals surface area contributed by atoms with E-state index >= 15 is 0 Å². The Morgan fingerprint density at radius 3 is 2.61 bits per heavy atom. The van der Waals surface area contributed by atoms with Gasteiger partial charge in [0.15, 0.2) is 0 Å². The van der Waals surface area contributed by atoms with Crippen LogP contribution in [0.1, 0.15) is 0 Å². The van der Waals surface area contributed by atoms with Crippen molar-refractivity contribution in [2.24, 2.45) is 0 Å². The van der Waals surface area contributed by atoms with Gasteiger partial charge in [0.2, 0.25) is 0 Å². The molecule has 0 aliphatic carbocycles. The molecule has 0 fully saturated rings. The Hall–Kier alpha value is -1.77. The van der Waals surface area contributed by atoms with E-state index in [1.165, 1.54) is 0 Å². The molecule has 0 unspecified atom stereocenters. The number of pyridine rings is 1. The van der Waals surface area contributed by atoms with Crippen LogP contribution in [0.4, 0.5) is 0 Å². The molecule has 3 rings (SSSR count). The van der Waals surface area contributed by atoms with E-state index in [4.69, 9.17) is 4.42 Å². The van der Waals surface area contributed by atoms with Gasteiger partial charge in [-0.1, -0.05) is 35.7 Å². The number of rotatable bonds is 1. The van der Waals surface area contributed by atoms with Crippen molar-refractivity contribution in [2.75, 3.05) is 0 Å². The van der Waals surface area contributed by atoms with Crippen LogP contribution >= 0.6 is 0 Å². The molecule has 18 heavy (non-hydrogen) atoms. The molecule has 2 heterocycles. The van der Waals surface area contributed by atoms with E-state index in [2.05, 4.69) is 11.1 Å². The van der Waals surface area contributed by atoms with Gasteiger partial charge < -0.3 is 4.42 Å². The zero-order valence-corrected chi connectivity index (χ0v) is 11.6. The maximum Gasteiger partial charge on any atom is 0.268 e. The van der Waals surface area contributed by atoms with Crippen LogP contribution in [-0.4, -0.2) is 4.98 Å². The quantitative estimate of drug-likeness (QED) is 0.454. The summed E-state index contributed by atoms with van der Waals surface area (Å²) in [6.07, 6.45) is 1.64. The van der Waals surface area contributed by atoms with Crippen molar-refractivity contribution >= 4 is 11.0 Å². The Morgan fingerprint density at radius 2 is 1.83 bits per heavy atom. The number of benzene rings is 1. The predicted octanol–water partition coefficient (Wildman–Crippen LogP) is 2.65. The fourth-order valence-electron chi connectivity index (χ4n) is 1.67. The molecule has 0 saturated heterocycles. The first-order valence-corrected chi connectivity index (χ1v) is 5.21. The molecule has 91 valence electrons. The Labute approximate surface area is 117 Å². The molecule has 4 heteroatoms. The largest absolute Gasteiger partial charge is 0.496 e. The van der Waals surface area contributed by atoms with Gasteiger partial charge in [0, 0.05) is 32.0 Å². The van der Waals surface area contributed by atoms with E-state index in [1.54, 1.807) is 24.4 Å². The summed E-state index contributed by atoms with van der Waals surface area (Å²) in [6.45, 7) is 0. The topological polar surface area (TPSA) is 43.1 Å². The van der Waals surface area contributed by atoms with E-state index < -0.39 is 5.63 Å². The van der Waals surface area contributed by atoms with Crippen LogP contribution < -0.4 is 5.63 Å². The second-order valence-corrected chi connectivity index (χ2v) is 3.60. The molecule has 0 N–H and O–H groups in total. The number of aromatic nitrogens is 1. The summed E-state index contributed by atoms with van der Waals surface area (Å²) in [4.78, 5) is 15.9. The molecule has 0 saturated carbocycles. The van der Waals surface area contributed by atoms with Gasteiger partial charge in [-0.2, -0.15) is 0 Å². The van der Waals surface area contributed by atoms with Crippen LogP contribution in [0, 0.1) is 6.07 Å². The van der Waals surface area contributed by atoms with Crippen molar-refractivity contribution in [3.05, 3.63) is 65.1 Å². The molecular weight excluding hydrogens is 406 g/mol. The van der Waals surface area contributed by atoms with Crippen LogP contribution in [0.3, 0.4) is 0 Å². The third kappa shape index (κ3) is 2.26. The number of nitrogens with zero attached hydrogens (tertiary/aromatic N) is 1. The molecule has 0 bridgehead atoms. The number of para-hydroxylation sites is 1. The monoisotopic (exact) mass is 415 g/mol. The minimum Gasteiger partial charge on any atom is -0.496 e. The van der Waals surface area contributed by atoms with Gasteiger partial charge >= 0.3 is 0 Å². The third-order valence-electron chi connectivity index (χ3n) is 2.47. The third-order valence-corrected chi connectivity index (χ3v) is 2.47. The SMILES string of the molecule is O=c1oc2ccccc2[c-]c1-c1ccccn1.[Ir]. The first-order chi connectivity index (χ1) is 8.34. The van der Waals surface area contributed by atoms with E-state index in [0.29, 0.717) is 16.8 Å². The molecule has 0 spiro atoms. The molecule has 1 radical (unpaired) electrons. The first-order valence-electron chi connectivity index (χ1n) is 5.21. The molecule has 0 aliphatic rings. The Bertz CT molecular complexity index is 722. The Balaban J connectivity index is 0.00000120. The van der Waals surface area contributed by atoms with Crippen molar-refractivity contribution in [1.82, 2.24) is 4.98 Å². The average Bonchev–Trinajstić information content (AvgIpc) is 2.39. The smallest absolute Gasteiger partial charge is 0.268 e. The molecule has 3 aromatic rings. The van der Waals surface area contributed by atoms with Gasteiger partial charge in [-0.15, -0.1) is 12.1 Å². The Morgan fingerprint density at radius 1 is 1.06 bits per heavy atom. The molecule has 0 amide bonds. The summed E-state index contributed by atoms with van der Waals surface area (Å²) in [7, 11) is 0. The minimum absolute atomic E-state index is 0. The van der Waals surface area contributed by atoms with Gasteiger partial charge in [0.05, 0.1) is 5.58 Å². The fraction of sp³-hybridized carbons (Fsp3) is 0. The zero-order valence-electron chi connectivity index (χ0n) is 9.22. The molecule has 2 aromatic heterocycles. The maximum absolute atomic E-state index is 11.8. The average molecular weight is 414 g/mol. The second kappa shape index (κ2) is 5.25. The maximum atomic E-state index is 11.8. The second-order valence-electron chi connectivity index (χ2n) is 3.60. The zero-order chi connectivity index (χ0) is 11.7. The van der Waals surface area contributed by atoms with Crippen molar-refractivity contribution < 1.29 is 24.5 Å². The van der Waals surface area contributed by atoms with E-state index in [-0.39, 0.29) is 20.1 Å². The standard InChI is InChI=1S/C14H8NO2.Ir/c16-14-11(12-6-3-4-8-15-12)9-10-5-1-2-7-13(10)17-14;/h1-8H;/q-1;. The summed E-state index contributed by atoms with van der Waals surface area (Å²) in [5, 5.41) is 0.771. The summed E-state index contributed by atoms with van der Waals surface area (Å²) in [5.41, 5.74) is 1.07. The normalized spacial score (nSPS) is 10.0. The fourth-order valence-corrected chi connectivity index (χ4v) is 1.67.